The maximum Gasteiger partial charge on any atom is 0.241 e. The van der Waals surface area contributed by atoms with E-state index in [1.165, 1.54) is 6.42 Å². The third-order valence-corrected chi connectivity index (χ3v) is 6.42. The molecule has 0 saturated carbocycles. The van der Waals surface area contributed by atoms with Crippen LogP contribution < -0.4 is 4.72 Å². The lowest BCUT2D eigenvalue weighted by molar-refractivity contribution is 0.0760. The third-order valence-electron chi connectivity index (χ3n) is 4.93. The summed E-state index contributed by atoms with van der Waals surface area (Å²) >= 11 is 0. The second-order valence-corrected chi connectivity index (χ2v) is 8.56. The summed E-state index contributed by atoms with van der Waals surface area (Å²) < 4.78 is 27.9. The van der Waals surface area contributed by atoms with Crippen LogP contribution >= 0.6 is 0 Å². The fourth-order valence-corrected chi connectivity index (χ4v) is 4.78. The van der Waals surface area contributed by atoms with Gasteiger partial charge < -0.3 is 5.11 Å². The number of benzene rings is 2. The maximum absolute atomic E-state index is 12.7. The Labute approximate surface area is 149 Å². The molecule has 0 radical (unpaired) electrons. The number of rotatable bonds is 6. The van der Waals surface area contributed by atoms with Gasteiger partial charge in [0.25, 0.3) is 0 Å². The molecule has 1 aliphatic rings. The number of sulfonamides is 1. The number of aliphatic hydroxyl groups is 1. The van der Waals surface area contributed by atoms with Crippen LogP contribution in [0.1, 0.15) is 26.2 Å². The molecule has 2 atom stereocenters. The van der Waals surface area contributed by atoms with Gasteiger partial charge in [0.2, 0.25) is 10.0 Å². The first-order valence-corrected chi connectivity index (χ1v) is 10.4. The Kier molecular flexibility index (Phi) is 5.74. The molecule has 3 rings (SSSR count). The van der Waals surface area contributed by atoms with Crippen LogP contribution in [0.15, 0.2) is 47.4 Å². The van der Waals surface area contributed by atoms with Crippen molar-refractivity contribution in [3.05, 3.63) is 42.5 Å². The first kappa shape index (κ1) is 18.3. The van der Waals surface area contributed by atoms with Crippen LogP contribution in [0.4, 0.5) is 0 Å². The molecule has 0 aliphatic carbocycles. The van der Waals surface area contributed by atoms with Crippen molar-refractivity contribution in [2.24, 2.45) is 0 Å². The topological polar surface area (TPSA) is 69.6 Å². The van der Waals surface area contributed by atoms with E-state index in [4.69, 9.17) is 0 Å². The van der Waals surface area contributed by atoms with Crippen molar-refractivity contribution < 1.29 is 13.5 Å². The summed E-state index contributed by atoms with van der Waals surface area (Å²) in [5.41, 5.74) is 0. The number of piperidine rings is 1. The minimum absolute atomic E-state index is 0.0226. The van der Waals surface area contributed by atoms with Crippen LogP contribution in [0.5, 0.6) is 0 Å². The molecule has 1 heterocycles. The highest BCUT2D eigenvalue weighted by Crippen LogP contribution is 2.22. The Morgan fingerprint density at radius 2 is 1.96 bits per heavy atom. The summed E-state index contributed by atoms with van der Waals surface area (Å²) in [4.78, 5) is 2.49. The number of fused-ring (bicyclic) bond motifs is 1. The van der Waals surface area contributed by atoms with E-state index in [2.05, 4.69) is 16.5 Å². The lowest BCUT2D eigenvalue weighted by Gasteiger charge is -2.34. The molecule has 2 N–H and O–H groups in total. The fourth-order valence-electron chi connectivity index (χ4n) is 3.48. The minimum Gasteiger partial charge on any atom is -0.390 e. The highest BCUT2D eigenvalue weighted by Gasteiger charge is 2.23. The minimum atomic E-state index is -3.66. The lowest BCUT2D eigenvalue weighted by Crippen LogP contribution is -2.45. The van der Waals surface area contributed by atoms with Crippen LogP contribution in [0.25, 0.3) is 10.8 Å². The van der Waals surface area contributed by atoms with Gasteiger partial charge in [-0.2, -0.15) is 0 Å². The van der Waals surface area contributed by atoms with Crippen molar-refractivity contribution in [2.75, 3.05) is 19.6 Å². The summed E-state index contributed by atoms with van der Waals surface area (Å²) in [5.74, 6) is 0. The summed E-state index contributed by atoms with van der Waals surface area (Å²) in [7, 11) is -3.66. The Morgan fingerprint density at radius 3 is 2.76 bits per heavy atom. The van der Waals surface area contributed by atoms with Crippen LogP contribution in [-0.2, 0) is 10.0 Å². The molecule has 1 aliphatic heterocycles. The summed E-state index contributed by atoms with van der Waals surface area (Å²) in [6.07, 6.45) is 2.78. The van der Waals surface area contributed by atoms with E-state index in [0.717, 1.165) is 24.8 Å². The van der Waals surface area contributed by atoms with Crippen molar-refractivity contribution in [3.63, 3.8) is 0 Å². The Hall–Kier alpha value is -1.47. The van der Waals surface area contributed by atoms with Crippen LogP contribution in [0, 0.1) is 0 Å². The highest BCUT2D eigenvalue weighted by atomic mass is 32.2. The molecule has 136 valence electrons. The number of nitrogens with one attached hydrogen (secondary N) is 1. The van der Waals surface area contributed by atoms with Crippen molar-refractivity contribution >= 4 is 20.8 Å². The Morgan fingerprint density at radius 1 is 1.20 bits per heavy atom. The van der Waals surface area contributed by atoms with Gasteiger partial charge in [-0.1, -0.05) is 42.8 Å². The molecule has 6 heteroatoms. The number of hydrogen-bond donors (Lipinski definition) is 2. The molecule has 2 aromatic rings. The molecule has 0 unspecified atom stereocenters. The van der Waals surface area contributed by atoms with Crippen molar-refractivity contribution in [2.45, 2.75) is 43.2 Å². The van der Waals surface area contributed by atoms with Gasteiger partial charge >= 0.3 is 0 Å². The van der Waals surface area contributed by atoms with Gasteiger partial charge in [0.1, 0.15) is 0 Å². The zero-order valence-electron chi connectivity index (χ0n) is 14.6. The molecular weight excluding hydrogens is 336 g/mol. The number of hydrogen-bond acceptors (Lipinski definition) is 4. The zero-order chi connectivity index (χ0) is 17.9. The molecule has 0 amide bonds. The monoisotopic (exact) mass is 362 g/mol. The third kappa shape index (κ3) is 4.39. The van der Waals surface area contributed by atoms with E-state index in [1.54, 1.807) is 18.2 Å². The average molecular weight is 362 g/mol. The molecule has 1 saturated heterocycles. The van der Waals surface area contributed by atoms with E-state index < -0.39 is 16.1 Å². The fraction of sp³-hybridized carbons (Fsp3) is 0.474. The SMILES string of the molecule is C[C@@H]1CCCCN1C[C@@H](O)CNS(=O)(=O)c1cccc2ccccc12. The Balaban J connectivity index is 1.67. The quantitative estimate of drug-likeness (QED) is 0.828. The second-order valence-electron chi connectivity index (χ2n) is 6.82. The maximum atomic E-state index is 12.7. The molecule has 0 bridgehead atoms. The summed E-state index contributed by atoms with van der Waals surface area (Å²) in [5, 5.41) is 11.8. The predicted molar refractivity (Wildman–Crippen MR) is 100 cm³/mol. The molecule has 5 nitrogen and oxygen atoms in total. The van der Waals surface area contributed by atoms with Gasteiger partial charge in [0, 0.05) is 24.5 Å². The molecule has 0 spiro atoms. The highest BCUT2D eigenvalue weighted by molar-refractivity contribution is 7.89. The summed E-state index contributed by atoms with van der Waals surface area (Å²) in [6.45, 7) is 3.65. The van der Waals surface area contributed by atoms with E-state index in [-0.39, 0.29) is 11.4 Å². The Bertz CT molecular complexity index is 817. The number of β-amino-alcohol motifs (C(OH)–C–C–N with tert-alkyl or cyclic N) is 1. The van der Waals surface area contributed by atoms with E-state index in [0.29, 0.717) is 18.0 Å². The number of aliphatic hydroxyl groups excluding tert-OH is 1. The lowest BCUT2D eigenvalue weighted by atomic mass is 10.0. The van der Waals surface area contributed by atoms with E-state index in [9.17, 15) is 13.5 Å². The molecule has 25 heavy (non-hydrogen) atoms. The van der Waals surface area contributed by atoms with E-state index >= 15 is 0 Å². The predicted octanol–water partition coefficient (Wildman–Crippen LogP) is 2.35. The van der Waals surface area contributed by atoms with Gasteiger partial charge in [-0.3, -0.25) is 4.90 Å². The van der Waals surface area contributed by atoms with Crippen molar-refractivity contribution in [1.82, 2.24) is 9.62 Å². The summed E-state index contributed by atoms with van der Waals surface area (Å²) in [6, 6.07) is 13.1. The van der Waals surface area contributed by atoms with Gasteiger partial charge in [-0.15, -0.1) is 0 Å². The molecule has 2 aromatic carbocycles. The first-order chi connectivity index (χ1) is 12.0. The second kappa shape index (κ2) is 7.83. The van der Waals surface area contributed by atoms with Crippen molar-refractivity contribution in [1.29, 1.82) is 0 Å². The van der Waals surface area contributed by atoms with E-state index in [1.807, 2.05) is 24.3 Å². The van der Waals surface area contributed by atoms with Gasteiger partial charge in [0.05, 0.1) is 11.0 Å². The largest absolute Gasteiger partial charge is 0.390 e. The van der Waals surface area contributed by atoms with Crippen LogP contribution in [0.3, 0.4) is 0 Å². The molecule has 0 aromatic heterocycles. The van der Waals surface area contributed by atoms with Crippen LogP contribution in [0.2, 0.25) is 0 Å². The van der Waals surface area contributed by atoms with Crippen LogP contribution in [-0.4, -0.2) is 50.2 Å². The number of nitrogens with zero attached hydrogens (tertiary/aromatic N) is 1. The van der Waals surface area contributed by atoms with Gasteiger partial charge in [-0.25, -0.2) is 13.1 Å². The zero-order valence-corrected chi connectivity index (χ0v) is 15.4. The normalized spacial score (nSPS) is 20.6. The molecule has 1 fully saturated rings. The first-order valence-electron chi connectivity index (χ1n) is 8.87. The van der Waals surface area contributed by atoms with Crippen molar-refractivity contribution in [3.8, 4) is 0 Å². The van der Waals surface area contributed by atoms with Gasteiger partial charge in [-0.05, 0) is 37.8 Å². The smallest absolute Gasteiger partial charge is 0.241 e. The number of likely N-dealkylation sites (tertiary alicyclic amines) is 1. The standard InChI is InChI=1S/C19H26N2O3S/c1-15-7-4-5-12-21(15)14-17(22)13-20-25(23,24)19-11-6-9-16-8-2-3-10-18(16)19/h2-3,6,8-11,15,17,20,22H,4-5,7,12-14H2,1H3/t15-,17+/m1/s1. The van der Waals surface area contributed by atoms with Gasteiger partial charge in [0.15, 0.2) is 0 Å². The molecular formula is C19H26N2O3S. The average Bonchev–Trinajstić information content (AvgIpc) is 2.61.